The molecule has 0 bridgehead atoms. The third-order valence-electron chi connectivity index (χ3n) is 5.99. The molecule has 0 fully saturated rings. The molecular formula is C25H29N3O3. The summed E-state index contributed by atoms with van der Waals surface area (Å²) in [5.41, 5.74) is 5.55. The zero-order valence-corrected chi connectivity index (χ0v) is 18.5. The van der Waals surface area contributed by atoms with Crippen LogP contribution in [-0.2, 0) is 0 Å². The summed E-state index contributed by atoms with van der Waals surface area (Å²) < 4.78 is 5.32. The molecule has 1 atom stereocenters. The van der Waals surface area contributed by atoms with Gasteiger partial charge in [0.05, 0.1) is 13.2 Å². The molecule has 1 unspecified atom stereocenters. The van der Waals surface area contributed by atoms with Gasteiger partial charge in [0.15, 0.2) is 0 Å². The average molecular weight is 420 g/mol. The van der Waals surface area contributed by atoms with E-state index in [1.807, 2.05) is 49.1 Å². The molecule has 0 spiro atoms. The van der Waals surface area contributed by atoms with E-state index in [1.165, 1.54) is 0 Å². The molecule has 1 aliphatic heterocycles. The number of carbonyl (C=O) groups is 1. The van der Waals surface area contributed by atoms with Crippen LogP contribution in [0.3, 0.4) is 0 Å². The predicted octanol–water partition coefficient (Wildman–Crippen LogP) is 5.14. The molecule has 0 radical (unpaired) electrons. The van der Waals surface area contributed by atoms with Crippen molar-refractivity contribution in [1.29, 1.82) is 0 Å². The topological polar surface area (TPSA) is 78.5 Å². The number of benzene rings is 2. The number of nitrogens with one attached hydrogen (secondary N) is 1. The van der Waals surface area contributed by atoms with Gasteiger partial charge in [0.25, 0.3) is 5.91 Å². The minimum absolute atomic E-state index is 0.0464. The van der Waals surface area contributed by atoms with Gasteiger partial charge in [0.1, 0.15) is 22.9 Å². The van der Waals surface area contributed by atoms with Gasteiger partial charge in [-0.15, -0.1) is 0 Å². The second-order valence-electron chi connectivity index (χ2n) is 8.22. The maximum Gasteiger partial charge on any atom is 0.273 e. The van der Waals surface area contributed by atoms with E-state index in [1.54, 1.807) is 13.2 Å². The van der Waals surface area contributed by atoms with Gasteiger partial charge in [-0.3, -0.25) is 9.89 Å². The predicted molar refractivity (Wildman–Crippen MR) is 121 cm³/mol. The molecule has 6 heteroatoms. The van der Waals surface area contributed by atoms with Crippen LogP contribution < -0.4 is 4.74 Å². The minimum Gasteiger partial charge on any atom is -0.507 e. The summed E-state index contributed by atoms with van der Waals surface area (Å²) in [7, 11) is 1.64. The number of unbranched alkanes of at least 4 members (excludes halogenated alkanes) is 2. The maximum absolute atomic E-state index is 13.3. The van der Waals surface area contributed by atoms with E-state index in [2.05, 4.69) is 17.1 Å². The smallest absolute Gasteiger partial charge is 0.273 e. The van der Waals surface area contributed by atoms with Crippen LogP contribution in [0.5, 0.6) is 11.5 Å². The van der Waals surface area contributed by atoms with Crippen molar-refractivity contribution < 1.29 is 14.6 Å². The Bertz CT molecular complexity index is 1080. The van der Waals surface area contributed by atoms with E-state index >= 15 is 0 Å². The van der Waals surface area contributed by atoms with Crippen LogP contribution in [0, 0.1) is 13.8 Å². The Morgan fingerprint density at radius 3 is 2.55 bits per heavy atom. The van der Waals surface area contributed by atoms with E-state index < -0.39 is 0 Å². The fraction of sp³-hybridized carbons (Fsp3) is 0.360. The molecule has 4 rings (SSSR count). The fourth-order valence-corrected chi connectivity index (χ4v) is 4.54. The van der Waals surface area contributed by atoms with Crippen molar-refractivity contribution >= 4 is 5.91 Å². The lowest BCUT2D eigenvalue weighted by Gasteiger charge is -2.26. The van der Waals surface area contributed by atoms with Crippen LogP contribution in [-0.4, -0.2) is 39.8 Å². The number of H-pyrrole nitrogens is 1. The highest BCUT2D eigenvalue weighted by Crippen LogP contribution is 2.45. The lowest BCUT2D eigenvalue weighted by Crippen LogP contribution is -2.30. The summed E-state index contributed by atoms with van der Waals surface area (Å²) in [6.07, 6.45) is 3.09. The number of hydrogen-bond donors (Lipinski definition) is 2. The number of methoxy groups -OCH3 is 1. The summed E-state index contributed by atoms with van der Waals surface area (Å²) in [5.74, 6) is 0.900. The number of amides is 1. The first-order chi connectivity index (χ1) is 15.0. The van der Waals surface area contributed by atoms with Crippen molar-refractivity contribution in [3.8, 4) is 22.8 Å². The molecule has 2 aromatic carbocycles. The number of phenolic OH excluding ortho intramolecular Hbond substituents is 1. The first kappa shape index (κ1) is 21.0. The van der Waals surface area contributed by atoms with E-state index in [0.717, 1.165) is 47.3 Å². The lowest BCUT2D eigenvalue weighted by molar-refractivity contribution is 0.0740. The van der Waals surface area contributed by atoms with Gasteiger partial charge < -0.3 is 14.7 Å². The largest absolute Gasteiger partial charge is 0.507 e. The van der Waals surface area contributed by atoms with E-state index in [0.29, 0.717) is 23.5 Å². The third-order valence-corrected chi connectivity index (χ3v) is 5.99. The van der Waals surface area contributed by atoms with Gasteiger partial charge in [-0.25, -0.2) is 0 Å². The number of rotatable bonds is 7. The number of aromatic amines is 1. The van der Waals surface area contributed by atoms with E-state index in [4.69, 9.17) is 4.74 Å². The number of carbonyl (C=O) groups excluding carboxylic acids is 1. The summed E-state index contributed by atoms with van der Waals surface area (Å²) in [5, 5.41) is 18.2. The van der Waals surface area contributed by atoms with Crippen molar-refractivity contribution in [3.63, 3.8) is 0 Å². The quantitative estimate of drug-likeness (QED) is 0.520. The van der Waals surface area contributed by atoms with Crippen LogP contribution in [0.25, 0.3) is 11.3 Å². The van der Waals surface area contributed by atoms with Gasteiger partial charge in [0.2, 0.25) is 0 Å². The number of fused-ring (bicyclic) bond motifs is 1. The number of nitrogens with zero attached hydrogens (tertiary/aromatic N) is 2. The Kier molecular flexibility index (Phi) is 5.72. The molecular weight excluding hydrogens is 390 g/mol. The Balaban J connectivity index is 1.86. The van der Waals surface area contributed by atoms with Crippen molar-refractivity contribution in [2.24, 2.45) is 0 Å². The van der Waals surface area contributed by atoms with Crippen LogP contribution in [0.15, 0.2) is 36.4 Å². The fourth-order valence-electron chi connectivity index (χ4n) is 4.54. The summed E-state index contributed by atoms with van der Waals surface area (Å²) in [6, 6.07) is 11.3. The van der Waals surface area contributed by atoms with E-state index in [-0.39, 0.29) is 17.7 Å². The third kappa shape index (κ3) is 3.67. The second kappa shape index (κ2) is 8.46. The van der Waals surface area contributed by atoms with Crippen LogP contribution in [0.4, 0.5) is 0 Å². The Hall–Kier alpha value is -3.28. The highest BCUT2D eigenvalue weighted by atomic mass is 16.5. The standard InChI is InChI=1S/C25H29N3O3/c1-5-6-7-12-28-24(17-8-10-18(31-4)11-9-17)21-22(26-27-23(21)25(28)30)20-16(3)13-15(2)14-19(20)29/h8-11,13-14,24,29H,5-7,12H2,1-4H3,(H,26,27). The molecule has 31 heavy (non-hydrogen) atoms. The number of aromatic nitrogens is 2. The van der Waals surface area contributed by atoms with Crippen molar-refractivity contribution in [2.45, 2.75) is 46.1 Å². The van der Waals surface area contributed by atoms with Crippen molar-refractivity contribution in [2.75, 3.05) is 13.7 Å². The van der Waals surface area contributed by atoms with Crippen molar-refractivity contribution in [1.82, 2.24) is 15.1 Å². The average Bonchev–Trinajstić information content (AvgIpc) is 3.27. The van der Waals surface area contributed by atoms with Gasteiger partial charge in [-0.2, -0.15) is 5.10 Å². The van der Waals surface area contributed by atoms with Gasteiger partial charge in [0, 0.05) is 17.7 Å². The van der Waals surface area contributed by atoms with Crippen LogP contribution >= 0.6 is 0 Å². The molecule has 1 aromatic heterocycles. The molecule has 6 nitrogen and oxygen atoms in total. The Labute approximate surface area is 182 Å². The van der Waals surface area contributed by atoms with Crippen molar-refractivity contribution in [3.05, 3.63) is 64.3 Å². The van der Waals surface area contributed by atoms with E-state index in [9.17, 15) is 9.90 Å². The minimum atomic E-state index is -0.265. The Morgan fingerprint density at radius 1 is 1.16 bits per heavy atom. The monoisotopic (exact) mass is 419 g/mol. The molecule has 1 aliphatic rings. The van der Waals surface area contributed by atoms with Gasteiger partial charge in [-0.1, -0.05) is 38.0 Å². The SMILES string of the molecule is CCCCCN1C(=O)c2[nH]nc(-c3c(C)cc(C)cc3O)c2C1c1ccc(OC)cc1. The maximum atomic E-state index is 13.3. The molecule has 0 saturated carbocycles. The molecule has 162 valence electrons. The summed E-state index contributed by atoms with van der Waals surface area (Å²) in [6.45, 7) is 6.73. The number of hydrogen-bond acceptors (Lipinski definition) is 4. The van der Waals surface area contributed by atoms with Gasteiger partial charge >= 0.3 is 0 Å². The highest BCUT2D eigenvalue weighted by molar-refractivity contribution is 6.00. The zero-order valence-electron chi connectivity index (χ0n) is 18.5. The summed E-state index contributed by atoms with van der Waals surface area (Å²) >= 11 is 0. The molecule has 2 heterocycles. The number of phenols is 1. The highest BCUT2D eigenvalue weighted by Gasteiger charge is 2.42. The number of aryl methyl sites for hydroxylation is 2. The van der Waals surface area contributed by atoms with Crippen LogP contribution in [0.2, 0.25) is 0 Å². The van der Waals surface area contributed by atoms with Gasteiger partial charge in [-0.05, 0) is 55.2 Å². The number of aromatic hydroxyl groups is 1. The first-order valence-corrected chi connectivity index (χ1v) is 10.8. The molecule has 3 aromatic rings. The lowest BCUT2D eigenvalue weighted by atomic mass is 9.93. The number of ether oxygens (including phenoxy) is 1. The molecule has 0 saturated heterocycles. The molecule has 0 aliphatic carbocycles. The Morgan fingerprint density at radius 2 is 1.90 bits per heavy atom. The molecule has 2 N–H and O–H groups in total. The summed E-state index contributed by atoms with van der Waals surface area (Å²) in [4.78, 5) is 15.3. The zero-order chi connectivity index (χ0) is 22.1. The first-order valence-electron chi connectivity index (χ1n) is 10.8. The second-order valence-corrected chi connectivity index (χ2v) is 8.22. The normalized spacial score (nSPS) is 15.4. The van der Waals surface area contributed by atoms with Crippen LogP contribution in [0.1, 0.15) is 65.0 Å². The molecule has 1 amide bonds.